The van der Waals surface area contributed by atoms with Crippen molar-refractivity contribution in [1.82, 2.24) is 0 Å². The van der Waals surface area contributed by atoms with Gasteiger partial charge in [0.2, 0.25) is 0 Å². The SMILES string of the molecule is COCCCCCC[n+]1ccc(-c2cc3cc4c(cc3oc2=O)N(CCCS(=O)(=O)[O-])C(C)(C)C=C4C)cc1. The van der Waals surface area contributed by atoms with E-state index in [4.69, 9.17) is 9.15 Å². The van der Waals surface area contributed by atoms with Crippen molar-refractivity contribution in [2.75, 3.05) is 30.9 Å². The largest absolute Gasteiger partial charge is 0.748 e. The van der Waals surface area contributed by atoms with E-state index in [9.17, 15) is 17.8 Å². The third kappa shape index (κ3) is 7.15. The summed E-state index contributed by atoms with van der Waals surface area (Å²) < 4.78 is 46.5. The number of rotatable bonds is 12. The van der Waals surface area contributed by atoms with Crippen molar-refractivity contribution in [3.63, 3.8) is 0 Å². The van der Waals surface area contributed by atoms with Crippen molar-refractivity contribution in [2.45, 2.75) is 65.0 Å². The van der Waals surface area contributed by atoms with Crippen LogP contribution in [0.3, 0.4) is 0 Å². The van der Waals surface area contributed by atoms with Crippen LogP contribution in [0.1, 0.15) is 58.4 Å². The van der Waals surface area contributed by atoms with E-state index in [1.54, 1.807) is 7.11 Å². The molecule has 0 N–H and O–H groups in total. The van der Waals surface area contributed by atoms with Gasteiger partial charge in [-0.1, -0.05) is 12.5 Å². The Kier molecular flexibility index (Phi) is 8.93. The molecule has 4 rings (SSSR count). The fraction of sp³-hybridized carbons (Fsp3) is 0.467. The summed E-state index contributed by atoms with van der Waals surface area (Å²) in [5.74, 6) is -0.422. The molecule has 0 fully saturated rings. The monoisotopic (exact) mass is 554 g/mol. The number of anilines is 1. The first-order valence-corrected chi connectivity index (χ1v) is 15.1. The second-order valence-electron chi connectivity index (χ2n) is 10.8. The van der Waals surface area contributed by atoms with Crippen LogP contribution in [0.4, 0.5) is 5.69 Å². The van der Waals surface area contributed by atoms with Crippen molar-refractivity contribution in [3.05, 3.63) is 64.8 Å². The topological polar surface area (TPSA) is 104 Å². The highest BCUT2D eigenvalue weighted by molar-refractivity contribution is 7.85. The predicted molar refractivity (Wildman–Crippen MR) is 153 cm³/mol. The van der Waals surface area contributed by atoms with Crippen LogP contribution in [0.25, 0.3) is 27.7 Å². The van der Waals surface area contributed by atoms with Crippen LogP contribution < -0.4 is 15.1 Å². The summed E-state index contributed by atoms with van der Waals surface area (Å²) in [7, 11) is -2.56. The molecule has 1 aliphatic heterocycles. The molecule has 0 saturated heterocycles. The molecule has 39 heavy (non-hydrogen) atoms. The van der Waals surface area contributed by atoms with Crippen LogP contribution >= 0.6 is 0 Å². The second kappa shape index (κ2) is 12.0. The van der Waals surface area contributed by atoms with Gasteiger partial charge in [-0.3, -0.25) is 0 Å². The zero-order chi connectivity index (χ0) is 28.2. The van der Waals surface area contributed by atoms with Gasteiger partial charge in [-0.2, -0.15) is 0 Å². The Hall–Kier alpha value is -3.01. The molecule has 0 unspecified atom stereocenters. The number of benzene rings is 1. The van der Waals surface area contributed by atoms with E-state index in [2.05, 4.69) is 15.5 Å². The smallest absolute Gasteiger partial charge is 0.344 e. The number of hydrogen-bond donors (Lipinski definition) is 0. The van der Waals surface area contributed by atoms with Gasteiger partial charge in [-0.25, -0.2) is 17.8 Å². The fourth-order valence-electron chi connectivity index (χ4n) is 5.38. The summed E-state index contributed by atoms with van der Waals surface area (Å²) in [6.07, 6.45) is 10.8. The predicted octanol–water partition coefficient (Wildman–Crippen LogP) is 4.89. The summed E-state index contributed by atoms with van der Waals surface area (Å²) in [4.78, 5) is 15.1. The Labute approximate surface area is 230 Å². The number of aryl methyl sites for hydroxylation is 1. The number of methoxy groups -OCH3 is 1. The Morgan fingerprint density at radius 2 is 1.72 bits per heavy atom. The van der Waals surface area contributed by atoms with Crippen LogP contribution in [0, 0.1) is 0 Å². The molecule has 0 saturated carbocycles. The molecule has 0 spiro atoms. The van der Waals surface area contributed by atoms with Gasteiger partial charge < -0.3 is 18.6 Å². The van der Waals surface area contributed by atoms with Gasteiger partial charge in [0.25, 0.3) is 0 Å². The Bertz CT molecular complexity index is 1510. The molecule has 0 aliphatic carbocycles. The molecule has 0 amide bonds. The lowest BCUT2D eigenvalue weighted by Gasteiger charge is -2.43. The van der Waals surface area contributed by atoms with Crippen LogP contribution in [0.15, 0.2) is 58.0 Å². The average molecular weight is 555 g/mol. The number of fused-ring (bicyclic) bond motifs is 2. The average Bonchev–Trinajstić information content (AvgIpc) is 2.86. The molecule has 0 bridgehead atoms. The highest BCUT2D eigenvalue weighted by Gasteiger charge is 2.31. The van der Waals surface area contributed by atoms with Gasteiger partial charge in [-0.05, 0) is 57.7 Å². The molecule has 3 aromatic rings. The molecule has 3 heterocycles. The Morgan fingerprint density at radius 1 is 1.03 bits per heavy atom. The van der Waals surface area contributed by atoms with Gasteiger partial charge >= 0.3 is 5.63 Å². The molecule has 9 heteroatoms. The Balaban J connectivity index is 1.58. The normalized spacial score (nSPS) is 14.9. The summed E-state index contributed by atoms with van der Waals surface area (Å²) in [6.45, 7) is 8.23. The molecular formula is C30H38N2O6S. The number of unbranched alkanes of at least 4 members (excludes halogenated alkanes) is 3. The van der Waals surface area contributed by atoms with Crippen molar-refractivity contribution in [2.24, 2.45) is 0 Å². The molecular weight excluding hydrogens is 516 g/mol. The van der Waals surface area contributed by atoms with Crippen LogP contribution in [0.2, 0.25) is 0 Å². The first kappa shape index (κ1) is 29.0. The first-order chi connectivity index (χ1) is 18.5. The molecule has 0 atom stereocenters. The number of aromatic nitrogens is 1. The lowest BCUT2D eigenvalue weighted by Crippen LogP contribution is -2.46. The quantitative estimate of drug-likeness (QED) is 0.136. The van der Waals surface area contributed by atoms with Gasteiger partial charge in [0.15, 0.2) is 12.4 Å². The molecule has 0 radical (unpaired) electrons. The summed E-state index contributed by atoms with van der Waals surface area (Å²) in [5.41, 5.74) is 3.88. The molecule has 1 aliphatic rings. The van der Waals surface area contributed by atoms with E-state index in [0.29, 0.717) is 17.7 Å². The minimum atomic E-state index is -4.29. The maximum absolute atomic E-state index is 13.0. The minimum absolute atomic E-state index is 0.213. The van der Waals surface area contributed by atoms with E-state index < -0.39 is 27.0 Å². The zero-order valence-electron chi connectivity index (χ0n) is 23.2. The first-order valence-electron chi connectivity index (χ1n) is 13.5. The molecule has 2 aromatic heterocycles. The number of allylic oxidation sites excluding steroid dienone is 1. The van der Waals surface area contributed by atoms with E-state index >= 15 is 0 Å². The molecule has 210 valence electrons. The van der Waals surface area contributed by atoms with E-state index in [0.717, 1.165) is 66.6 Å². The minimum Gasteiger partial charge on any atom is -0.748 e. The molecule has 8 nitrogen and oxygen atoms in total. The van der Waals surface area contributed by atoms with Crippen molar-refractivity contribution in [1.29, 1.82) is 0 Å². The van der Waals surface area contributed by atoms with Gasteiger partial charge in [0, 0.05) is 72.8 Å². The fourth-order valence-corrected chi connectivity index (χ4v) is 5.86. The van der Waals surface area contributed by atoms with Gasteiger partial charge in [0.05, 0.1) is 21.2 Å². The van der Waals surface area contributed by atoms with Crippen molar-refractivity contribution in [3.8, 4) is 11.1 Å². The summed E-state index contributed by atoms with van der Waals surface area (Å²) >= 11 is 0. The number of ether oxygens (including phenoxy) is 1. The van der Waals surface area contributed by atoms with E-state index in [1.165, 1.54) is 0 Å². The van der Waals surface area contributed by atoms with Gasteiger partial charge in [-0.15, -0.1) is 0 Å². The number of hydrogen-bond acceptors (Lipinski definition) is 7. The highest BCUT2D eigenvalue weighted by atomic mass is 32.2. The number of pyridine rings is 1. The van der Waals surface area contributed by atoms with Crippen LogP contribution in [0.5, 0.6) is 0 Å². The molecule has 1 aromatic carbocycles. The lowest BCUT2D eigenvalue weighted by molar-refractivity contribution is -0.697. The summed E-state index contributed by atoms with van der Waals surface area (Å²) in [5, 5.41) is 0.811. The van der Waals surface area contributed by atoms with Crippen LogP contribution in [-0.2, 0) is 21.4 Å². The van der Waals surface area contributed by atoms with Gasteiger partial charge in [0.1, 0.15) is 12.1 Å². The standard InChI is InChI=1S/C30H38N2O6S/c1-22-21-30(2,3)32(13-9-17-39(34,35)36)27-20-28-24(18-25(22)27)19-26(29(33)38-28)23-10-14-31(15-11-23)12-7-5-6-8-16-37-4/h10-11,14-15,18-21H,5-9,12-13,16-17H2,1-4H3. The summed E-state index contributed by atoms with van der Waals surface area (Å²) in [6, 6.07) is 9.63. The van der Waals surface area contributed by atoms with E-state index in [-0.39, 0.29) is 6.42 Å². The second-order valence-corrected chi connectivity index (χ2v) is 12.4. The number of nitrogens with zero attached hydrogens (tertiary/aromatic N) is 2. The Morgan fingerprint density at radius 3 is 2.41 bits per heavy atom. The third-order valence-electron chi connectivity index (χ3n) is 7.32. The zero-order valence-corrected chi connectivity index (χ0v) is 24.1. The maximum atomic E-state index is 13.0. The third-order valence-corrected chi connectivity index (χ3v) is 8.11. The van der Waals surface area contributed by atoms with Crippen molar-refractivity contribution < 1.29 is 26.7 Å². The lowest BCUT2D eigenvalue weighted by atomic mass is 9.88. The maximum Gasteiger partial charge on any atom is 0.344 e. The van der Waals surface area contributed by atoms with Crippen molar-refractivity contribution >= 4 is 32.3 Å². The van der Waals surface area contributed by atoms with Crippen LogP contribution in [-0.4, -0.2) is 44.5 Å². The highest BCUT2D eigenvalue weighted by Crippen LogP contribution is 2.41. The van der Waals surface area contributed by atoms with E-state index in [1.807, 2.05) is 63.5 Å².